The Kier molecular flexibility index (Phi) is 5.70. The molecule has 1 N–H and O–H groups in total. The highest BCUT2D eigenvalue weighted by Crippen LogP contribution is 2.35. The Bertz CT molecular complexity index is 252. The maximum absolute atomic E-state index is 3.65. The van der Waals surface area contributed by atoms with Gasteiger partial charge in [-0.25, -0.2) is 0 Å². The molecule has 1 saturated carbocycles. The molecule has 0 amide bonds. The number of nitrogens with zero attached hydrogens (tertiary/aromatic N) is 1. The van der Waals surface area contributed by atoms with Crippen molar-refractivity contribution in [3.8, 4) is 0 Å². The molecule has 0 bridgehead atoms. The Morgan fingerprint density at radius 1 is 1.21 bits per heavy atom. The third-order valence-corrected chi connectivity index (χ3v) is 5.56. The van der Waals surface area contributed by atoms with Crippen LogP contribution in [-0.4, -0.2) is 37.6 Å². The van der Waals surface area contributed by atoms with Crippen molar-refractivity contribution in [3.63, 3.8) is 0 Å². The molecule has 1 heterocycles. The minimum atomic E-state index is 0.554. The van der Waals surface area contributed by atoms with Gasteiger partial charge < -0.3 is 10.2 Å². The lowest BCUT2D eigenvalue weighted by Crippen LogP contribution is -2.50. The molecule has 19 heavy (non-hydrogen) atoms. The molecule has 2 fully saturated rings. The molecule has 1 saturated heterocycles. The predicted octanol–water partition coefficient (Wildman–Crippen LogP) is 3.67. The van der Waals surface area contributed by atoms with E-state index in [0.717, 1.165) is 12.0 Å². The number of rotatable bonds is 5. The van der Waals surface area contributed by atoms with Crippen LogP contribution in [0.4, 0.5) is 0 Å². The van der Waals surface area contributed by atoms with Gasteiger partial charge in [0.15, 0.2) is 0 Å². The van der Waals surface area contributed by atoms with E-state index in [2.05, 4.69) is 31.1 Å². The lowest BCUT2D eigenvalue weighted by atomic mass is 9.75. The fourth-order valence-corrected chi connectivity index (χ4v) is 4.59. The molecule has 3 unspecified atom stereocenters. The molecule has 1 aliphatic heterocycles. The highest BCUT2D eigenvalue weighted by molar-refractivity contribution is 4.90. The molecule has 0 aromatic carbocycles. The van der Waals surface area contributed by atoms with Crippen molar-refractivity contribution in [2.75, 3.05) is 26.7 Å². The van der Waals surface area contributed by atoms with Gasteiger partial charge >= 0.3 is 0 Å². The normalized spacial score (nSPS) is 36.6. The summed E-state index contributed by atoms with van der Waals surface area (Å²) >= 11 is 0. The monoisotopic (exact) mass is 266 g/mol. The second kappa shape index (κ2) is 7.08. The van der Waals surface area contributed by atoms with E-state index in [1.54, 1.807) is 0 Å². The van der Waals surface area contributed by atoms with Crippen LogP contribution in [0.15, 0.2) is 0 Å². The van der Waals surface area contributed by atoms with Gasteiger partial charge in [-0.15, -0.1) is 0 Å². The summed E-state index contributed by atoms with van der Waals surface area (Å²) < 4.78 is 0. The first-order chi connectivity index (χ1) is 9.17. The maximum atomic E-state index is 3.65. The zero-order valence-corrected chi connectivity index (χ0v) is 13.4. The molecule has 0 radical (unpaired) electrons. The SMILES string of the molecule is CCCC1(CN(C)C2CCCCC2C)CCCNC1. The Balaban J connectivity index is 1.95. The van der Waals surface area contributed by atoms with Gasteiger partial charge in [0.1, 0.15) is 0 Å². The number of nitrogens with one attached hydrogen (secondary N) is 1. The summed E-state index contributed by atoms with van der Waals surface area (Å²) in [6.07, 6.45) is 11.3. The number of hydrogen-bond acceptors (Lipinski definition) is 2. The molecule has 2 aliphatic rings. The fraction of sp³-hybridized carbons (Fsp3) is 1.00. The molecule has 112 valence electrons. The average molecular weight is 266 g/mol. The molecule has 1 aliphatic carbocycles. The van der Waals surface area contributed by atoms with E-state index in [-0.39, 0.29) is 0 Å². The largest absolute Gasteiger partial charge is 0.316 e. The van der Waals surface area contributed by atoms with Crippen molar-refractivity contribution in [3.05, 3.63) is 0 Å². The van der Waals surface area contributed by atoms with Gasteiger partial charge in [0.25, 0.3) is 0 Å². The number of hydrogen-bond donors (Lipinski definition) is 1. The summed E-state index contributed by atoms with van der Waals surface area (Å²) in [5.74, 6) is 0.897. The minimum Gasteiger partial charge on any atom is -0.316 e. The third-order valence-electron chi connectivity index (χ3n) is 5.56. The first-order valence-electron chi connectivity index (χ1n) is 8.58. The van der Waals surface area contributed by atoms with E-state index in [4.69, 9.17) is 0 Å². The van der Waals surface area contributed by atoms with Crippen LogP contribution in [0, 0.1) is 11.3 Å². The van der Waals surface area contributed by atoms with Gasteiger partial charge in [0, 0.05) is 19.1 Å². The highest BCUT2D eigenvalue weighted by Gasteiger charge is 2.35. The fourth-order valence-electron chi connectivity index (χ4n) is 4.59. The average Bonchev–Trinajstić information content (AvgIpc) is 2.40. The Labute approximate surface area is 120 Å². The Hall–Kier alpha value is -0.0800. The molecule has 2 heteroatoms. The van der Waals surface area contributed by atoms with Crippen molar-refractivity contribution < 1.29 is 0 Å². The van der Waals surface area contributed by atoms with Crippen molar-refractivity contribution >= 4 is 0 Å². The van der Waals surface area contributed by atoms with Crippen LogP contribution in [-0.2, 0) is 0 Å². The molecule has 0 aromatic rings. The van der Waals surface area contributed by atoms with Crippen molar-refractivity contribution in [1.29, 1.82) is 0 Å². The van der Waals surface area contributed by atoms with E-state index in [1.807, 2.05) is 0 Å². The molecule has 0 aromatic heterocycles. The predicted molar refractivity (Wildman–Crippen MR) is 83.5 cm³/mol. The highest BCUT2D eigenvalue weighted by atomic mass is 15.1. The van der Waals surface area contributed by atoms with Crippen molar-refractivity contribution in [2.24, 2.45) is 11.3 Å². The summed E-state index contributed by atoms with van der Waals surface area (Å²) in [4.78, 5) is 2.71. The zero-order chi connectivity index (χ0) is 13.7. The van der Waals surface area contributed by atoms with Gasteiger partial charge in [-0.1, -0.05) is 33.1 Å². The minimum absolute atomic E-state index is 0.554. The van der Waals surface area contributed by atoms with Gasteiger partial charge in [-0.05, 0) is 57.0 Å². The van der Waals surface area contributed by atoms with Crippen LogP contribution < -0.4 is 5.32 Å². The van der Waals surface area contributed by atoms with E-state index in [1.165, 1.54) is 71.0 Å². The summed E-state index contributed by atoms with van der Waals surface area (Å²) in [5, 5.41) is 3.65. The second-order valence-electron chi connectivity index (χ2n) is 7.27. The molecule has 0 spiro atoms. The summed E-state index contributed by atoms with van der Waals surface area (Å²) in [6.45, 7) is 8.59. The summed E-state index contributed by atoms with van der Waals surface area (Å²) in [7, 11) is 2.39. The van der Waals surface area contributed by atoms with E-state index in [0.29, 0.717) is 5.41 Å². The molecule has 2 nitrogen and oxygen atoms in total. The van der Waals surface area contributed by atoms with Crippen LogP contribution in [0.25, 0.3) is 0 Å². The van der Waals surface area contributed by atoms with Crippen molar-refractivity contribution in [1.82, 2.24) is 10.2 Å². The standard InChI is InChI=1S/C17H34N2/c1-4-10-17(11-7-12-18-13-17)14-19(3)16-9-6-5-8-15(16)2/h15-16,18H,4-14H2,1-3H3. The van der Waals surface area contributed by atoms with Crippen LogP contribution in [0.5, 0.6) is 0 Å². The Morgan fingerprint density at radius 2 is 2.00 bits per heavy atom. The topological polar surface area (TPSA) is 15.3 Å². The first kappa shape index (κ1) is 15.3. The van der Waals surface area contributed by atoms with E-state index in [9.17, 15) is 0 Å². The molecular weight excluding hydrogens is 232 g/mol. The first-order valence-corrected chi connectivity index (χ1v) is 8.58. The lowest BCUT2D eigenvalue weighted by molar-refractivity contribution is 0.0619. The molecular formula is C17H34N2. The smallest absolute Gasteiger partial charge is 0.0118 e. The molecule has 2 rings (SSSR count). The number of piperidine rings is 1. The van der Waals surface area contributed by atoms with Crippen molar-refractivity contribution in [2.45, 2.75) is 71.3 Å². The van der Waals surface area contributed by atoms with Crippen LogP contribution in [0.2, 0.25) is 0 Å². The zero-order valence-electron chi connectivity index (χ0n) is 13.4. The summed E-state index contributed by atoms with van der Waals surface area (Å²) in [5.41, 5.74) is 0.554. The maximum Gasteiger partial charge on any atom is 0.0118 e. The lowest BCUT2D eigenvalue weighted by Gasteiger charge is -2.45. The Morgan fingerprint density at radius 3 is 2.63 bits per heavy atom. The van der Waals surface area contributed by atoms with E-state index < -0.39 is 0 Å². The van der Waals surface area contributed by atoms with Crippen LogP contribution >= 0.6 is 0 Å². The van der Waals surface area contributed by atoms with E-state index >= 15 is 0 Å². The van der Waals surface area contributed by atoms with Gasteiger partial charge in [-0.2, -0.15) is 0 Å². The second-order valence-corrected chi connectivity index (χ2v) is 7.27. The van der Waals surface area contributed by atoms with Crippen LogP contribution in [0.1, 0.15) is 65.2 Å². The van der Waals surface area contributed by atoms with Gasteiger partial charge in [0.2, 0.25) is 0 Å². The van der Waals surface area contributed by atoms with Gasteiger partial charge in [0.05, 0.1) is 0 Å². The third kappa shape index (κ3) is 3.95. The van der Waals surface area contributed by atoms with Gasteiger partial charge in [-0.3, -0.25) is 0 Å². The summed E-state index contributed by atoms with van der Waals surface area (Å²) in [6, 6.07) is 0.837. The quantitative estimate of drug-likeness (QED) is 0.817. The van der Waals surface area contributed by atoms with Crippen LogP contribution in [0.3, 0.4) is 0 Å². The molecule has 3 atom stereocenters.